The summed E-state index contributed by atoms with van der Waals surface area (Å²) in [6, 6.07) is 15.0. The number of rotatable bonds is 6. The van der Waals surface area contributed by atoms with E-state index in [0.717, 1.165) is 22.4 Å². The monoisotopic (exact) mass is 371 g/mol. The molecule has 1 heterocycles. The molecule has 0 saturated heterocycles. The summed E-state index contributed by atoms with van der Waals surface area (Å²) in [5.41, 5.74) is 10.6. The van der Waals surface area contributed by atoms with Gasteiger partial charge in [-0.25, -0.2) is 9.97 Å². The van der Waals surface area contributed by atoms with Crippen molar-refractivity contribution in [2.24, 2.45) is 5.73 Å². The van der Waals surface area contributed by atoms with Crippen LogP contribution in [0.5, 0.6) is 0 Å². The van der Waals surface area contributed by atoms with Gasteiger partial charge >= 0.3 is 0 Å². The zero-order chi connectivity index (χ0) is 20.1. The Morgan fingerprint density at radius 1 is 1.14 bits per heavy atom. The molecular formula is C22H21N5O. The summed E-state index contributed by atoms with van der Waals surface area (Å²) in [5.74, 6) is 1.28. The summed E-state index contributed by atoms with van der Waals surface area (Å²) >= 11 is 0. The van der Waals surface area contributed by atoms with Gasteiger partial charge in [0, 0.05) is 23.9 Å². The van der Waals surface area contributed by atoms with E-state index in [-0.39, 0.29) is 12.3 Å². The van der Waals surface area contributed by atoms with Gasteiger partial charge in [0.15, 0.2) is 5.78 Å². The molecule has 0 unspecified atom stereocenters. The van der Waals surface area contributed by atoms with Crippen LogP contribution in [-0.2, 0) is 6.42 Å². The first-order valence-electron chi connectivity index (χ1n) is 8.92. The van der Waals surface area contributed by atoms with Crippen LogP contribution in [0, 0.1) is 25.2 Å². The predicted molar refractivity (Wildman–Crippen MR) is 109 cm³/mol. The second kappa shape index (κ2) is 8.42. The van der Waals surface area contributed by atoms with Crippen LogP contribution in [0.15, 0.2) is 48.7 Å². The molecule has 0 fully saturated rings. The van der Waals surface area contributed by atoms with Gasteiger partial charge in [0.05, 0.1) is 18.2 Å². The molecule has 1 aromatic heterocycles. The molecule has 0 bridgehead atoms. The maximum Gasteiger partial charge on any atom is 0.176 e. The highest BCUT2D eigenvalue weighted by Crippen LogP contribution is 2.25. The Morgan fingerprint density at radius 3 is 2.43 bits per heavy atom. The maximum atomic E-state index is 11.9. The Labute approximate surface area is 164 Å². The fraction of sp³-hybridized carbons (Fsp3) is 0.182. The zero-order valence-corrected chi connectivity index (χ0v) is 15.9. The van der Waals surface area contributed by atoms with Crippen LogP contribution in [0.4, 0.5) is 11.5 Å². The van der Waals surface area contributed by atoms with Crippen LogP contribution in [0.3, 0.4) is 0 Å². The van der Waals surface area contributed by atoms with E-state index in [2.05, 4.69) is 21.4 Å². The number of anilines is 2. The molecule has 0 radical (unpaired) electrons. The first kappa shape index (κ1) is 19.2. The minimum Gasteiger partial charge on any atom is -0.340 e. The molecule has 0 aliphatic carbocycles. The number of carbonyl (C=O) groups is 1. The van der Waals surface area contributed by atoms with Crippen LogP contribution < -0.4 is 11.1 Å². The Morgan fingerprint density at radius 2 is 1.82 bits per heavy atom. The predicted octanol–water partition coefficient (Wildman–Crippen LogP) is 3.44. The standard InChI is InChI=1S/C22H21N5O/c1-14-9-18(19(28)13-24)10-15(2)22(14)27-20-7-8-25-21(26-20)11-16-3-5-17(12-23)6-4-16/h3-10H,11,13,24H2,1-2H3,(H,25,26,27). The number of nitrogens with two attached hydrogens (primary N) is 1. The lowest BCUT2D eigenvalue weighted by atomic mass is 10.0. The molecular weight excluding hydrogens is 350 g/mol. The summed E-state index contributed by atoms with van der Waals surface area (Å²) in [5, 5.41) is 12.2. The Kier molecular flexibility index (Phi) is 5.78. The molecule has 140 valence electrons. The molecule has 3 N–H and O–H groups in total. The number of benzene rings is 2. The second-order valence-electron chi connectivity index (χ2n) is 6.58. The third kappa shape index (κ3) is 4.40. The smallest absolute Gasteiger partial charge is 0.176 e. The highest BCUT2D eigenvalue weighted by atomic mass is 16.1. The number of carbonyl (C=O) groups excluding carboxylic acids is 1. The van der Waals surface area contributed by atoms with Crippen LogP contribution in [0.2, 0.25) is 0 Å². The molecule has 0 saturated carbocycles. The molecule has 6 nitrogen and oxygen atoms in total. The van der Waals surface area contributed by atoms with Crippen LogP contribution in [-0.4, -0.2) is 22.3 Å². The number of nitrogens with zero attached hydrogens (tertiary/aromatic N) is 3. The molecule has 3 aromatic rings. The molecule has 0 atom stereocenters. The van der Waals surface area contributed by atoms with Crippen LogP contribution in [0.25, 0.3) is 0 Å². The van der Waals surface area contributed by atoms with Gasteiger partial charge in [-0.2, -0.15) is 5.26 Å². The summed E-state index contributed by atoms with van der Waals surface area (Å²) in [4.78, 5) is 20.8. The van der Waals surface area contributed by atoms with E-state index >= 15 is 0 Å². The molecule has 0 spiro atoms. The molecule has 6 heteroatoms. The van der Waals surface area contributed by atoms with Gasteiger partial charge in [0.2, 0.25) is 0 Å². The molecule has 0 aliphatic rings. The lowest BCUT2D eigenvalue weighted by Gasteiger charge is -2.14. The lowest BCUT2D eigenvalue weighted by Crippen LogP contribution is -2.14. The van der Waals surface area contributed by atoms with Crippen molar-refractivity contribution in [3.05, 3.63) is 82.3 Å². The third-order valence-electron chi connectivity index (χ3n) is 4.44. The molecule has 0 amide bonds. The average molecular weight is 371 g/mol. The van der Waals surface area contributed by atoms with E-state index in [1.54, 1.807) is 24.4 Å². The maximum absolute atomic E-state index is 11.9. The van der Waals surface area contributed by atoms with Gasteiger partial charge < -0.3 is 11.1 Å². The number of hydrogen-bond acceptors (Lipinski definition) is 6. The second-order valence-corrected chi connectivity index (χ2v) is 6.58. The highest BCUT2D eigenvalue weighted by molar-refractivity contribution is 5.98. The largest absolute Gasteiger partial charge is 0.340 e. The molecule has 28 heavy (non-hydrogen) atoms. The fourth-order valence-electron chi connectivity index (χ4n) is 3.00. The SMILES string of the molecule is Cc1cc(C(=O)CN)cc(C)c1Nc1ccnc(Cc2ccc(C#N)cc2)n1. The van der Waals surface area contributed by atoms with Crippen molar-refractivity contribution in [2.45, 2.75) is 20.3 Å². The van der Waals surface area contributed by atoms with Gasteiger partial charge in [-0.3, -0.25) is 4.79 Å². The lowest BCUT2D eigenvalue weighted by molar-refractivity contribution is 0.100. The third-order valence-corrected chi connectivity index (χ3v) is 4.44. The van der Waals surface area contributed by atoms with Gasteiger partial charge in [-0.1, -0.05) is 12.1 Å². The van der Waals surface area contributed by atoms with Gasteiger partial charge in [-0.05, 0) is 60.9 Å². The quantitative estimate of drug-likeness (QED) is 0.643. The van der Waals surface area contributed by atoms with Crippen molar-refractivity contribution >= 4 is 17.3 Å². The normalized spacial score (nSPS) is 10.4. The minimum atomic E-state index is -0.0792. The molecule has 2 aromatic carbocycles. The minimum absolute atomic E-state index is 0.00370. The number of ketones is 1. The van der Waals surface area contributed by atoms with Crippen molar-refractivity contribution in [3.63, 3.8) is 0 Å². The summed E-state index contributed by atoms with van der Waals surface area (Å²) in [7, 11) is 0. The van der Waals surface area contributed by atoms with Gasteiger partial charge in [0.25, 0.3) is 0 Å². The van der Waals surface area contributed by atoms with Crippen molar-refractivity contribution in [1.29, 1.82) is 5.26 Å². The Hall–Kier alpha value is -3.56. The number of Topliss-reactive ketones (excluding diaryl/α,β-unsaturated/α-hetero) is 1. The number of aryl methyl sites for hydroxylation is 2. The van der Waals surface area contributed by atoms with E-state index < -0.39 is 0 Å². The summed E-state index contributed by atoms with van der Waals surface area (Å²) in [6.45, 7) is 3.89. The number of nitriles is 1. The van der Waals surface area contributed by atoms with Crippen molar-refractivity contribution in [1.82, 2.24) is 9.97 Å². The van der Waals surface area contributed by atoms with Crippen molar-refractivity contribution in [3.8, 4) is 6.07 Å². The van der Waals surface area contributed by atoms with E-state index in [1.807, 2.05) is 38.1 Å². The van der Waals surface area contributed by atoms with E-state index in [4.69, 9.17) is 11.0 Å². The number of aromatic nitrogens is 2. The number of hydrogen-bond donors (Lipinski definition) is 2. The highest BCUT2D eigenvalue weighted by Gasteiger charge is 2.11. The first-order valence-corrected chi connectivity index (χ1v) is 8.92. The van der Waals surface area contributed by atoms with Gasteiger partial charge in [0.1, 0.15) is 11.6 Å². The Bertz CT molecular complexity index is 1030. The fourth-order valence-corrected chi connectivity index (χ4v) is 3.00. The Balaban J connectivity index is 1.81. The van der Waals surface area contributed by atoms with Crippen LogP contribution >= 0.6 is 0 Å². The zero-order valence-electron chi connectivity index (χ0n) is 15.9. The van der Waals surface area contributed by atoms with Crippen molar-refractivity contribution < 1.29 is 4.79 Å². The molecule has 0 aliphatic heterocycles. The van der Waals surface area contributed by atoms with E-state index in [0.29, 0.717) is 29.2 Å². The van der Waals surface area contributed by atoms with E-state index in [1.165, 1.54) is 0 Å². The van der Waals surface area contributed by atoms with Gasteiger partial charge in [-0.15, -0.1) is 0 Å². The molecule has 3 rings (SSSR count). The van der Waals surface area contributed by atoms with Crippen molar-refractivity contribution in [2.75, 3.05) is 11.9 Å². The average Bonchev–Trinajstić information content (AvgIpc) is 2.71. The van der Waals surface area contributed by atoms with E-state index in [9.17, 15) is 4.79 Å². The number of nitrogens with one attached hydrogen (secondary N) is 1. The summed E-state index contributed by atoms with van der Waals surface area (Å²) in [6.07, 6.45) is 2.29. The summed E-state index contributed by atoms with van der Waals surface area (Å²) < 4.78 is 0. The van der Waals surface area contributed by atoms with Crippen LogP contribution in [0.1, 0.15) is 38.4 Å². The first-order chi connectivity index (χ1) is 13.5. The topological polar surface area (TPSA) is 105 Å².